The summed E-state index contributed by atoms with van der Waals surface area (Å²) < 4.78 is 0. The van der Waals surface area contributed by atoms with Crippen LogP contribution in [0.4, 0.5) is 0 Å². The summed E-state index contributed by atoms with van der Waals surface area (Å²) in [5.41, 5.74) is -1.35. The molecule has 6 nitrogen and oxygen atoms in total. The fourth-order valence-corrected chi connectivity index (χ4v) is 3.18. The van der Waals surface area contributed by atoms with Crippen molar-refractivity contribution in [2.24, 2.45) is 11.8 Å². The van der Waals surface area contributed by atoms with Gasteiger partial charge in [0.05, 0.1) is 22.3 Å². The van der Waals surface area contributed by atoms with Gasteiger partial charge in [0.1, 0.15) is 0 Å². The molecule has 0 fully saturated rings. The summed E-state index contributed by atoms with van der Waals surface area (Å²) in [7, 11) is 0. The second-order valence-electron chi connectivity index (χ2n) is 8.61. The van der Waals surface area contributed by atoms with Crippen LogP contribution < -0.4 is 0 Å². The number of carbonyl (C=O) groups is 2. The third-order valence-electron chi connectivity index (χ3n) is 5.49. The standard InChI is InChI=1S/C12H26O2.2C7H6O2/c1-7-8-12(14,11(5,6)13)10(4)9(2)3;2*8-7(9)6-4-2-1-3-5-6/h9-10,13-14H,7-8H2,1-6H3;2*1-5H,(H,8,9). The van der Waals surface area contributed by atoms with Gasteiger partial charge in [-0.1, -0.05) is 70.5 Å². The predicted molar refractivity (Wildman–Crippen MR) is 127 cm³/mol. The third kappa shape index (κ3) is 9.62. The fourth-order valence-electron chi connectivity index (χ4n) is 3.18. The van der Waals surface area contributed by atoms with Crippen LogP contribution in [-0.2, 0) is 0 Å². The molecule has 0 spiro atoms. The molecule has 0 aliphatic rings. The normalized spacial score (nSPS) is 13.5. The molecule has 0 aromatic heterocycles. The van der Waals surface area contributed by atoms with E-state index in [2.05, 4.69) is 13.8 Å². The fraction of sp³-hybridized carbons (Fsp3) is 0.462. The molecule has 0 bridgehead atoms. The number of benzene rings is 2. The maximum absolute atomic E-state index is 10.5. The van der Waals surface area contributed by atoms with Crippen molar-refractivity contribution in [3.8, 4) is 0 Å². The van der Waals surface area contributed by atoms with Crippen molar-refractivity contribution in [2.45, 2.75) is 65.6 Å². The molecule has 0 amide bonds. The van der Waals surface area contributed by atoms with E-state index in [1.807, 2.05) is 13.8 Å². The van der Waals surface area contributed by atoms with Crippen LogP contribution in [0.5, 0.6) is 0 Å². The number of hydrogen-bond acceptors (Lipinski definition) is 4. The Morgan fingerprint density at radius 2 is 1.12 bits per heavy atom. The first-order valence-electron chi connectivity index (χ1n) is 10.8. The van der Waals surface area contributed by atoms with Crippen LogP contribution in [0, 0.1) is 11.8 Å². The Labute approximate surface area is 191 Å². The Kier molecular flexibility index (Phi) is 12.5. The van der Waals surface area contributed by atoms with Gasteiger partial charge in [-0.25, -0.2) is 9.59 Å². The van der Waals surface area contributed by atoms with E-state index in [1.165, 1.54) is 0 Å². The Hall–Kier alpha value is -2.70. The van der Waals surface area contributed by atoms with Gasteiger partial charge in [-0.3, -0.25) is 0 Å². The van der Waals surface area contributed by atoms with Crippen molar-refractivity contribution in [3.63, 3.8) is 0 Å². The number of carboxylic acid groups (broad SMARTS) is 2. The van der Waals surface area contributed by atoms with E-state index in [0.29, 0.717) is 23.5 Å². The summed E-state index contributed by atoms with van der Waals surface area (Å²) in [4.78, 5) is 20.4. The summed E-state index contributed by atoms with van der Waals surface area (Å²) in [6, 6.07) is 16.6. The van der Waals surface area contributed by atoms with Gasteiger partial charge in [-0.2, -0.15) is 0 Å². The van der Waals surface area contributed by atoms with Crippen LogP contribution in [0.2, 0.25) is 0 Å². The number of rotatable bonds is 7. The van der Waals surface area contributed by atoms with E-state index < -0.39 is 23.1 Å². The molecular weight excluding hydrogens is 408 g/mol. The molecule has 0 saturated carbocycles. The van der Waals surface area contributed by atoms with Gasteiger partial charge in [-0.15, -0.1) is 0 Å². The molecule has 2 atom stereocenters. The van der Waals surface area contributed by atoms with Gasteiger partial charge >= 0.3 is 11.9 Å². The van der Waals surface area contributed by atoms with Crippen LogP contribution in [0.15, 0.2) is 60.7 Å². The van der Waals surface area contributed by atoms with Crippen LogP contribution >= 0.6 is 0 Å². The zero-order chi connectivity index (χ0) is 24.9. The topological polar surface area (TPSA) is 115 Å². The quantitative estimate of drug-likeness (QED) is 0.456. The summed E-state index contributed by atoms with van der Waals surface area (Å²) >= 11 is 0. The molecule has 0 aliphatic carbocycles. The minimum atomic E-state index is -1.04. The highest BCUT2D eigenvalue weighted by Crippen LogP contribution is 2.37. The lowest BCUT2D eigenvalue weighted by atomic mass is 9.69. The van der Waals surface area contributed by atoms with Gasteiger partial charge in [0.2, 0.25) is 0 Å². The number of carboxylic acids is 2. The van der Waals surface area contributed by atoms with Gasteiger partial charge < -0.3 is 20.4 Å². The number of hydrogen-bond donors (Lipinski definition) is 4. The molecule has 4 N–H and O–H groups in total. The van der Waals surface area contributed by atoms with Crippen molar-refractivity contribution in [1.29, 1.82) is 0 Å². The average molecular weight is 447 g/mol. The maximum atomic E-state index is 10.5. The lowest BCUT2D eigenvalue weighted by Crippen LogP contribution is -2.55. The molecular formula is C26H38O6. The van der Waals surface area contributed by atoms with E-state index in [1.54, 1.807) is 74.5 Å². The maximum Gasteiger partial charge on any atom is 0.335 e. The van der Waals surface area contributed by atoms with Crippen molar-refractivity contribution in [1.82, 2.24) is 0 Å². The molecule has 2 rings (SSSR count). The van der Waals surface area contributed by atoms with Gasteiger partial charge in [0.25, 0.3) is 0 Å². The zero-order valence-electron chi connectivity index (χ0n) is 19.9. The molecule has 2 aromatic carbocycles. The number of aliphatic hydroxyl groups is 2. The lowest BCUT2D eigenvalue weighted by molar-refractivity contribution is -0.172. The summed E-state index contributed by atoms with van der Waals surface area (Å²) in [5, 5.41) is 37.3. The molecule has 0 saturated heterocycles. The number of aromatic carboxylic acids is 2. The first-order chi connectivity index (χ1) is 14.8. The molecule has 0 radical (unpaired) electrons. The highest BCUT2D eigenvalue weighted by atomic mass is 16.4. The molecule has 6 heteroatoms. The minimum absolute atomic E-state index is 0.0995. The van der Waals surface area contributed by atoms with Crippen LogP contribution in [0.25, 0.3) is 0 Å². The van der Waals surface area contributed by atoms with Crippen LogP contribution in [-0.4, -0.2) is 43.6 Å². The second kappa shape index (κ2) is 13.7. The SMILES string of the molecule is CCCC(O)(C(C)C(C)C)C(C)(C)O.O=C(O)c1ccccc1.O=C(O)c1ccccc1. The van der Waals surface area contributed by atoms with Crippen LogP contribution in [0.1, 0.15) is 75.1 Å². The highest BCUT2D eigenvalue weighted by Gasteiger charge is 2.46. The second-order valence-corrected chi connectivity index (χ2v) is 8.61. The third-order valence-corrected chi connectivity index (χ3v) is 5.49. The van der Waals surface area contributed by atoms with Crippen molar-refractivity contribution in [3.05, 3.63) is 71.8 Å². The largest absolute Gasteiger partial charge is 0.478 e. The van der Waals surface area contributed by atoms with E-state index >= 15 is 0 Å². The molecule has 0 aliphatic heterocycles. The van der Waals surface area contributed by atoms with Crippen molar-refractivity contribution in [2.75, 3.05) is 0 Å². The molecule has 178 valence electrons. The smallest absolute Gasteiger partial charge is 0.335 e. The Balaban J connectivity index is 0.000000466. The Morgan fingerprint density at radius 1 is 0.781 bits per heavy atom. The molecule has 2 aromatic rings. The Morgan fingerprint density at radius 3 is 1.31 bits per heavy atom. The van der Waals surface area contributed by atoms with Gasteiger partial charge in [-0.05, 0) is 56.4 Å². The molecule has 32 heavy (non-hydrogen) atoms. The van der Waals surface area contributed by atoms with Crippen molar-refractivity contribution < 1.29 is 30.0 Å². The average Bonchev–Trinajstić information content (AvgIpc) is 2.74. The summed E-state index contributed by atoms with van der Waals surface area (Å²) in [6.07, 6.45) is 1.54. The summed E-state index contributed by atoms with van der Waals surface area (Å²) in [6.45, 7) is 11.6. The summed E-state index contributed by atoms with van der Waals surface area (Å²) in [5.74, 6) is -1.29. The van der Waals surface area contributed by atoms with E-state index in [0.717, 1.165) is 6.42 Å². The van der Waals surface area contributed by atoms with Crippen LogP contribution in [0.3, 0.4) is 0 Å². The van der Waals surface area contributed by atoms with Gasteiger partial charge in [0, 0.05) is 0 Å². The minimum Gasteiger partial charge on any atom is -0.478 e. The molecule has 2 unspecified atom stereocenters. The zero-order valence-corrected chi connectivity index (χ0v) is 19.9. The Bertz CT molecular complexity index is 747. The van der Waals surface area contributed by atoms with E-state index in [-0.39, 0.29) is 5.92 Å². The van der Waals surface area contributed by atoms with Gasteiger partial charge in [0.15, 0.2) is 0 Å². The highest BCUT2D eigenvalue weighted by molar-refractivity contribution is 5.87. The monoisotopic (exact) mass is 446 g/mol. The lowest BCUT2D eigenvalue weighted by Gasteiger charge is -2.45. The van der Waals surface area contributed by atoms with E-state index in [4.69, 9.17) is 10.2 Å². The molecule has 0 heterocycles. The van der Waals surface area contributed by atoms with E-state index in [9.17, 15) is 19.8 Å². The first-order valence-corrected chi connectivity index (χ1v) is 10.8. The van der Waals surface area contributed by atoms with Crippen molar-refractivity contribution >= 4 is 11.9 Å². The predicted octanol–water partition coefficient (Wildman–Crippen LogP) is 5.35. The first kappa shape index (κ1) is 29.3.